The summed E-state index contributed by atoms with van der Waals surface area (Å²) < 4.78 is 1.80. The van der Waals surface area contributed by atoms with Gasteiger partial charge in [-0.25, -0.2) is 4.98 Å². The van der Waals surface area contributed by atoms with Crippen LogP contribution in [0.15, 0.2) is 43.0 Å². The SMILES string of the molecule is O=C(O)CNC(=O)c1ccc(-n2ccnc2)cc1. The summed E-state index contributed by atoms with van der Waals surface area (Å²) >= 11 is 0. The molecule has 0 radical (unpaired) electrons. The average Bonchev–Trinajstić information content (AvgIpc) is 2.90. The molecule has 6 nitrogen and oxygen atoms in total. The van der Waals surface area contributed by atoms with Gasteiger partial charge in [-0.05, 0) is 24.3 Å². The van der Waals surface area contributed by atoms with Crippen LogP contribution >= 0.6 is 0 Å². The second kappa shape index (κ2) is 5.13. The molecular formula is C12H11N3O3. The normalized spacial score (nSPS) is 10.0. The van der Waals surface area contributed by atoms with E-state index in [9.17, 15) is 9.59 Å². The number of carbonyl (C=O) groups excluding carboxylic acids is 1. The van der Waals surface area contributed by atoms with Crippen molar-refractivity contribution < 1.29 is 14.7 Å². The van der Waals surface area contributed by atoms with Crippen molar-refractivity contribution in [2.75, 3.05) is 6.54 Å². The van der Waals surface area contributed by atoms with Crippen LogP contribution in [0, 0.1) is 0 Å². The van der Waals surface area contributed by atoms with Crippen LogP contribution in [0.3, 0.4) is 0 Å². The molecule has 0 bridgehead atoms. The van der Waals surface area contributed by atoms with E-state index in [-0.39, 0.29) is 6.54 Å². The average molecular weight is 245 g/mol. The molecule has 2 rings (SSSR count). The molecule has 0 aliphatic carbocycles. The predicted octanol–water partition coefficient (Wildman–Crippen LogP) is 0.687. The number of nitrogens with one attached hydrogen (secondary N) is 1. The molecule has 1 aromatic carbocycles. The first-order valence-corrected chi connectivity index (χ1v) is 5.25. The Kier molecular flexibility index (Phi) is 3.38. The van der Waals surface area contributed by atoms with Crippen molar-refractivity contribution in [2.24, 2.45) is 0 Å². The Morgan fingerprint density at radius 1 is 1.28 bits per heavy atom. The summed E-state index contributed by atoms with van der Waals surface area (Å²) in [5.41, 5.74) is 1.29. The maximum atomic E-state index is 11.6. The van der Waals surface area contributed by atoms with Gasteiger partial charge in [0.1, 0.15) is 6.54 Å². The Balaban J connectivity index is 2.08. The number of imidazole rings is 1. The molecule has 0 aliphatic rings. The molecular weight excluding hydrogens is 234 g/mol. The maximum Gasteiger partial charge on any atom is 0.322 e. The van der Waals surface area contributed by atoms with E-state index in [2.05, 4.69) is 10.3 Å². The smallest absolute Gasteiger partial charge is 0.322 e. The molecule has 2 aromatic rings. The zero-order valence-electron chi connectivity index (χ0n) is 9.41. The van der Waals surface area contributed by atoms with E-state index in [0.717, 1.165) is 5.69 Å². The number of rotatable bonds is 4. The van der Waals surface area contributed by atoms with Gasteiger partial charge in [-0.3, -0.25) is 9.59 Å². The zero-order chi connectivity index (χ0) is 13.0. The summed E-state index contributed by atoms with van der Waals surface area (Å²) in [6.45, 7) is -0.387. The Labute approximate surface area is 103 Å². The van der Waals surface area contributed by atoms with Crippen LogP contribution in [-0.4, -0.2) is 33.1 Å². The number of aromatic nitrogens is 2. The molecule has 0 unspecified atom stereocenters. The van der Waals surface area contributed by atoms with Crippen LogP contribution < -0.4 is 5.32 Å². The first-order valence-electron chi connectivity index (χ1n) is 5.25. The second-order valence-corrected chi connectivity index (χ2v) is 3.59. The number of carbonyl (C=O) groups is 2. The van der Waals surface area contributed by atoms with Gasteiger partial charge in [0.05, 0.1) is 6.33 Å². The van der Waals surface area contributed by atoms with Gasteiger partial charge in [0.15, 0.2) is 0 Å². The van der Waals surface area contributed by atoms with Crippen molar-refractivity contribution in [3.05, 3.63) is 48.5 Å². The topological polar surface area (TPSA) is 84.2 Å². The van der Waals surface area contributed by atoms with Crippen LogP contribution in [-0.2, 0) is 4.79 Å². The van der Waals surface area contributed by atoms with Crippen molar-refractivity contribution in [3.8, 4) is 5.69 Å². The summed E-state index contributed by atoms with van der Waals surface area (Å²) in [5, 5.41) is 10.7. The van der Waals surface area contributed by atoms with Gasteiger partial charge in [0, 0.05) is 23.6 Å². The number of hydrogen-bond acceptors (Lipinski definition) is 3. The van der Waals surface area contributed by atoms with Gasteiger partial charge in [0.2, 0.25) is 0 Å². The highest BCUT2D eigenvalue weighted by atomic mass is 16.4. The number of amides is 1. The van der Waals surface area contributed by atoms with Crippen LogP contribution in [0.25, 0.3) is 5.69 Å². The largest absolute Gasteiger partial charge is 0.480 e. The van der Waals surface area contributed by atoms with E-state index < -0.39 is 11.9 Å². The van der Waals surface area contributed by atoms with E-state index in [0.29, 0.717) is 5.56 Å². The quantitative estimate of drug-likeness (QED) is 0.829. The van der Waals surface area contributed by atoms with Gasteiger partial charge in [0.25, 0.3) is 5.91 Å². The molecule has 0 aliphatic heterocycles. The van der Waals surface area contributed by atoms with Gasteiger partial charge in [-0.1, -0.05) is 0 Å². The van der Waals surface area contributed by atoms with Crippen molar-refractivity contribution in [1.29, 1.82) is 0 Å². The molecule has 0 atom stereocenters. The lowest BCUT2D eigenvalue weighted by Crippen LogP contribution is -2.29. The molecule has 1 heterocycles. The molecule has 0 fully saturated rings. The lowest BCUT2D eigenvalue weighted by molar-refractivity contribution is -0.135. The third-order valence-corrected chi connectivity index (χ3v) is 2.33. The molecule has 1 amide bonds. The van der Waals surface area contributed by atoms with Crippen molar-refractivity contribution in [3.63, 3.8) is 0 Å². The Bertz CT molecular complexity index is 546. The van der Waals surface area contributed by atoms with Crippen LogP contribution in [0.1, 0.15) is 10.4 Å². The lowest BCUT2D eigenvalue weighted by Gasteiger charge is -2.05. The van der Waals surface area contributed by atoms with Gasteiger partial charge >= 0.3 is 5.97 Å². The van der Waals surface area contributed by atoms with Gasteiger partial charge in [-0.15, -0.1) is 0 Å². The number of nitrogens with zero attached hydrogens (tertiary/aromatic N) is 2. The van der Waals surface area contributed by atoms with Gasteiger partial charge in [-0.2, -0.15) is 0 Å². The Morgan fingerprint density at radius 3 is 2.56 bits per heavy atom. The monoisotopic (exact) mass is 245 g/mol. The molecule has 92 valence electrons. The van der Waals surface area contributed by atoms with E-state index >= 15 is 0 Å². The Hall–Kier alpha value is -2.63. The fourth-order valence-corrected chi connectivity index (χ4v) is 1.45. The lowest BCUT2D eigenvalue weighted by atomic mass is 10.2. The zero-order valence-corrected chi connectivity index (χ0v) is 9.41. The summed E-state index contributed by atoms with van der Waals surface area (Å²) in [5.74, 6) is -1.48. The van der Waals surface area contributed by atoms with Crippen LogP contribution in [0.5, 0.6) is 0 Å². The highest BCUT2D eigenvalue weighted by Crippen LogP contribution is 2.09. The molecule has 2 N–H and O–H groups in total. The molecule has 0 saturated carbocycles. The van der Waals surface area contributed by atoms with Crippen LogP contribution in [0.2, 0.25) is 0 Å². The molecule has 0 saturated heterocycles. The van der Waals surface area contributed by atoms with E-state index in [1.165, 1.54) is 0 Å². The molecule has 0 spiro atoms. The van der Waals surface area contributed by atoms with Crippen molar-refractivity contribution in [1.82, 2.24) is 14.9 Å². The second-order valence-electron chi connectivity index (χ2n) is 3.59. The van der Waals surface area contributed by atoms with E-state index in [1.54, 1.807) is 47.6 Å². The number of hydrogen-bond donors (Lipinski definition) is 2. The fourth-order valence-electron chi connectivity index (χ4n) is 1.45. The van der Waals surface area contributed by atoms with Crippen molar-refractivity contribution >= 4 is 11.9 Å². The summed E-state index contributed by atoms with van der Waals surface area (Å²) in [7, 11) is 0. The third kappa shape index (κ3) is 2.73. The standard InChI is InChI=1S/C12H11N3O3/c16-11(17)7-14-12(18)9-1-3-10(4-2-9)15-6-5-13-8-15/h1-6,8H,7H2,(H,14,18)(H,16,17). The number of aliphatic carboxylic acids is 1. The number of carboxylic acid groups (broad SMARTS) is 1. The minimum Gasteiger partial charge on any atom is -0.480 e. The first-order chi connectivity index (χ1) is 8.66. The van der Waals surface area contributed by atoms with E-state index in [1.807, 2.05) is 0 Å². The van der Waals surface area contributed by atoms with Crippen LogP contribution in [0.4, 0.5) is 0 Å². The fraction of sp³-hybridized carbons (Fsp3) is 0.0833. The molecule has 18 heavy (non-hydrogen) atoms. The highest BCUT2D eigenvalue weighted by Gasteiger charge is 2.06. The number of benzene rings is 1. The first kappa shape index (κ1) is 11.8. The summed E-state index contributed by atoms with van der Waals surface area (Å²) in [4.78, 5) is 25.8. The minimum atomic E-state index is -1.07. The third-order valence-electron chi connectivity index (χ3n) is 2.33. The Morgan fingerprint density at radius 2 is 2.00 bits per heavy atom. The highest BCUT2D eigenvalue weighted by molar-refractivity contribution is 5.95. The van der Waals surface area contributed by atoms with Gasteiger partial charge < -0.3 is 15.0 Å². The summed E-state index contributed by atoms with van der Waals surface area (Å²) in [6, 6.07) is 6.79. The van der Waals surface area contributed by atoms with Crippen molar-refractivity contribution in [2.45, 2.75) is 0 Å². The molecule has 6 heteroatoms. The molecule has 1 aromatic heterocycles. The number of carboxylic acids is 1. The van der Waals surface area contributed by atoms with E-state index in [4.69, 9.17) is 5.11 Å². The summed E-state index contributed by atoms with van der Waals surface area (Å²) in [6.07, 6.45) is 5.10. The predicted molar refractivity (Wildman–Crippen MR) is 63.5 cm³/mol. The maximum absolute atomic E-state index is 11.6. The minimum absolute atomic E-state index is 0.387.